The number of hydrogen-bond acceptors (Lipinski definition) is 2. The third kappa shape index (κ3) is 2.49. The van der Waals surface area contributed by atoms with Gasteiger partial charge in [-0.3, -0.25) is 0 Å². The van der Waals surface area contributed by atoms with Crippen LogP contribution in [0.4, 0.5) is 0 Å². The molecule has 1 aliphatic carbocycles. The minimum Gasteiger partial charge on any atom is -0.387 e. The summed E-state index contributed by atoms with van der Waals surface area (Å²) >= 11 is 1.74. The normalized spacial score (nSPS) is 32.6. The maximum absolute atomic E-state index is 10.4. The fraction of sp³-hybridized carbons (Fsp3) is 0.714. The first kappa shape index (κ1) is 12.1. The molecule has 0 bridgehead atoms. The van der Waals surface area contributed by atoms with Gasteiger partial charge in [-0.1, -0.05) is 20.3 Å². The Balaban J connectivity index is 2.02. The van der Waals surface area contributed by atoms with Gasteiger partial charge >= 0.3 is 0 Å². The average Bonchev–Trinajstić information content (AvgIpc) is 2.68. The lowest BCUT2D eigenvalue weighted by Crippen LogP contribution is -2.24. The molecule has 0 amide bonds. The molecule has 16 heavy (non-hydrogen) atoms. The van der Waals surface area contributed by atoms with Crippen molar-refractivity contribution in [1.29, 1.82) is 0 Å². The number of hydrogen-bond donors (Lipinski definition) is 1. The van der Waals surface area contributed by atoms with Crippen molar-refractivity contribution in [1.82, 2.24) is 0 Å². The Morgan fingerprint density at radius 1 is 1.25 bits per heavy atom. The summed E-state index contributed by atoms with van der Waals surface area (Å²) in [6.45, 7) is 6.76. The predicted molar refractivity (Wildman–Crippen MR) is 69.7 cm³/mol. The minimum absolute atomic E-state index is 0.228. The zero-order valence-corrected chi connectivity index (χ0v) is 11.3. The van der Waals surface area contributed by atoms with Crippen LogP contribution in [0.25, 0.3) is 0 Å². The molecule has 0 spiro atoms. The molecule has 4 atom stereocenters. The summed E-state index contributed by atoms with van der Waals surface area (Å²) in [5.41, 5.74) is 0. The van der Waals surface area contributed by atoms with Gasteiger partial charge < -0.3 is 5.11 Å². The van der Waals surface area contributed by atoms with Crippen LogP contribution in [-0.4, -0.2) is 5.11 Å². The standard InChI is InChI=1S/C14H22OS/c1-9-4-6-12(8-10(9)2)14(15)13-7-5-11(3)16-13/h5,7,9-10,12,14-15H,4,6,8H2,1-3H3. The Kier molecular flexibility index (Phi) is 3.70. The molecular weight excluding hydrogens is 216 g/mol. The molecular formula is C14H22OS. The molecule has 4 unspecified atom stereocenters. The Bertz CT molecular complexity index is 344. The highest BCUT2D eigenvalue weighted by molar-refractivity contribution is 7.12. The number of thiophene rings is 1. The number of aliphatic hydroxyl groups excluding tert-OH is 1. The highest BCUT2D eigenvalue weighted by Crippen LogP contribution is 2.41. The van der Waals surface area contributed by atoms with E-state index in [9.17, 15) is 5.11 Å². The second-order valence-electron chi connectivity index (χ2n) is 5.42. The molecule has 0 aliphatic heterocycles. The smallest absolute Gasteiger partial charge is 0.0910 e. The molecule has 1 aromatic rings. The Morgan fingerprint density at radius 3 is 2.56 bits per heavy atom. The largest absolute Gasteiger partial charge is 0.387 e. The number of aliphatic hydroxyl groups is 1. The lowest BCUT2D eigenvalue weighted by molar-refractivity contribution is 0.0586. The highest BCUT2D eigenvalue weighted by Gasteiger charge is 2.30. The lowest BCUT2D eigenvalue weighted by Gasteiger charge is -2.34. The number of aryl methyl sites for hydroxylation is 1. The first-order chi connectivity index (χ1) is 7.58. The molecule has 1 aromatic heterocycles. The van der Waals surface area contributed by atoms with E-state index in [0.717, 1.165) is 16.7 Å². The Labute approximate surface area is 103 Å². The van der Waals surface area contributed by atoms with Crippen molar-refractivity contribution < 1.29 is 5.11 Å². The summed E-state index contributed by atoms with van der Waals surface area (Å²) in [5, 5.41) is 10.4. The van der Waals surface area contributed by atoms with Gasteiger partial charge in [0.2, 0.25) is 0 Å². The van der Waals surface area contributed by atoms with Gasteiger partial charge in [0.25, 0.3) is 0 Å². The monoisotopic (exact) mass is 238 g/mol. The first-order valence-corrected chi connectivity index (χ1v) is 7.14. The van der Waals surface area contributed by atoms with Gasteiger partial charge in [0.15, 0.2) is 0 Å². The SMILES string of the molecule is Cc1ccc(C(O)C2CCC(C)C(C)C2)s1. The molecule has 0 aromatic carbocycles. The van der Waals surface area contributed by atoms with Crippen LogP contribution in [0.5, 0.6) is 0 Å². The minimum atomic E-state index is -0.228. The van der Waals surface area contributed by atoms with Gasteiger partial charge in [0.1, 0.15) is 0 Å². The average molecular weight is 238 g/mol. The first-order valence-electron chi connectivity index (χ1n) is 6.32. The molecule has 90 valence electrons. The quantitative estimate of drug-likeness (QED) is 0.820. The van der Waals surface area contributed by atoms with Crippen LogP contribution in [0.2, 0.25) is 0 Å². The fourth-order valence-electron chi connectivity index (χ4n) is 2.72. The van der Waals surface area contributed by atoms with Crippen LogP contribution in [0.15, 0.2) is 12.1 Å². The summed E-state index contributed by atoms with van der Waals surface area (Å²) in [5.74, 6) is 2.06. The summed E-state index contributed by atoms with van der Waals surface area (Å²) in [4.78, 5) is 2.45. The molecule has 1 saturated carbocycles. The van der Waals surface area contributed by atoms with Crippen molar-refractivity contribution in [2.75, 3.05) is 0 Å². The topological polar surface area (TPSA) is 20.2 Å². The second-order valence-corrected chi connectivity index (χ2v) is 6.74. The lowest BCUT2D eigenvalue weighted by atomic mass is 9.74. The molecule has 1 nitrogen and oxygen atoms in total. The van der Waals surface area contributed by atoms with Crippen LogP contribution in [-0.2, 0) is 0 Å². The van der Waals surface area contributed by atoms with Gasteiger partial charge in [-0.05, 0) is 49.7 Å². The summed E-state index contributed by atoms with van der Waals surface area (Å²) in [6, 6.07) is 4.20. The van der Waals surface area contributed by atoms with Crippen molar-refractivity contribution in [2.24, 2.45) is 17.8 Å². The maximum Gasteiger partial charge on any atom is 0.0910 e. The van der Waals surface area contributed by atoms with E-state index in [-0.39, 0.29) is 6.10 Å². The van der Waals surface area contributed by atoms with Gasteiger partial charge in [-0.25, -0.2) is 0 Å². The molecule has 2 rings (SSSR count). The predicted octanol–water partition coefficient (Wildman–Crippen LogP) is 4.16. The zero-order chi connectivity index (χ0) is 11.7. The number of rotatable bonds is 2. The van der Waals surface area contributed by atoms with Crippen molar-refractivity contribution in [3.63, 3.8) is 0 Å². The maximum atomic E-state index is 10.4. The third-order valence-corrected chi connectivity index (χ3v) is 5.21. The van der Waals surface area contributed by atoms with Crippen molar-refractivity contribution >= 4 is 11.3 Å². The second kappa shape index (κ2) is 4.89. The van der Waals surface area contributed by atoms with E-state index in [4.69, 9.17) is 0 Å². The summed E-state index contributed by atoms with van der Waals surface area (Å²) in [7, 11) is 0. The molecule has 1 fully saturated rings. The van der Waals surface area contributed by atoms with Crippen LogP contribution < -0.4 is 0 Å². The van der Waals surface area contributed by atoms with E-state index in [1.165, 1.54) is 24.1 Å². The van der Waals surface area contributed by atoms with Crippen LogP contribution in [0.1, 0.15) is 49.0 Å². The third-order valence-electron chi connectivity index (χ3n) is 4.14. The van der Waals surface area contributed by atoms with Gasteiger partial charge in [-0.2, -0.15) is 0 Å². The van der Waals surface area contributed by atoms with E-state index in [2.05, 4.69) is 32.9 Å². The van der Waals surface area contributed by atoms with E-state index in [0.29, 0.717) is 5.92 Å². The Morgan fingerprint density at radius 2 is 2.00 bits per heavy atom. The highest BCUT2D eigenvalue weighted by atomic mass is 32.1. The van der Waals surface area contributed by atoms with E-state index < -0.39 is 0 Å². The van der Waals surface area contributed by atoms with Gasteiger partial charge in [0.05, 0.1) is 6.10 Å². The van der Waals surface area contributed by atoms with Crippen LogP contribution in [0.3, 0.4) is 0 Å². The fourth-order valence-corrected chi connectivity index (χ4v) is 3.68. The van der Waals surface area contributed by atoms with E-state index in [1.807, 2.05) is 0 Å². The van der Waals surface area contributed by atoms with Crippen LogP contribution >= 0.6 is 11.3 Å². The molecule has 2 heteroatoms. The van der Waals surface area contributed by atoms with E-state index in [1.54, 1.807) is 11.3 Å². The molecule has 0 saturated heterocycles. The van der Waals surface area contributed by atoms with Gasteiger partial charge in [0, 0.05) is 9.75 Å². The molecule has 1 N–H and O–H groups in total. The van der Waals surface area contributed by atoms with Crippen molar-refractivity contribution in [2.45, 2.75) is 46.1 Å². The Hall–Kier alpha value is -0.340. The molecule has 1 heterocycles. The van der Waals surface area contributed by atoms with E-state index >= 15 is 0 Å². The van der Waals surface area contributed by atoms with Crippen molar-refractivity contribution in [3.05, 3.63) is 21.9 Å². The van der Waals surface area contributed by atoms with Gasteiger partial charge in [-0.15, -0.1) is 11.3 Å². The molecule has 1 aliphatic rings. The van der Waals surface area contributed by atoms with Crippen molar-refractivity contribution in [3.8, 4) is 0 Å². The zero-order valence-electron chi connectivity index (χ0n) is 10.4. The molecule has 0 radical (unpaired) electrons. The summed E-state index contributed by atoms with van der Waals surface area (Å²) < 4.78 is 0. The summed E-state index contributed by atoms with van der Waals surface area (Å²) in [6.07, 6.45) is 3.41. The van der Waals surface area contributed by atoms with Crippen LogP contribution in [0, 0.1) is 24.7 Å².